The normalized spacial score (nSPS) is 13.9. The van der Waals surface area contributed by atoms with Crippen LogP contribution in [0.4, 0.5) is 0 Å². The third kappa shape index (κ3) is 3.69. The molecular formula is C11H15NO5. The zero-order valence-corrected chi connectivity index (χ0v) is 9.66. The molecule has 6 nitrogen and oxygen atoms in total. The van der Waals surface area contributed by atoms with Gasteiger partial charge >= 0.3 is 5.97 Å². The smallest absolute Gasteiger partial charge is 0.308 e. The first-order chi connectivity index (χ1) is 8.08. The molecule has 1 aromatic rings. The van der Waals surface area contributed by atoms with E-state index < -0.39 is 18.2 Å². The van der Waals surface area contributed by atoms with Gasteiger partial charge in [-0.3, -0.25) is 4.79 Å². The predicted octanol–water partition coefficient (Wildman–Crippen LogP) is 0.0476. The number of pyridine rings is 1. The first-order valence-electron chi connectivity index (χ1n) is 5.01. The van der Waals surface area contributed by atoms with Crippen LogP contribution in [0.15, 0.2) is 18.3 Å². The van der Waals surface area contributed by atoms with E-state index in [1.807, 2.05) is 0 Å². The molecule has 1 heterocycles. The second kappa shape index (κ2) is 6.17. The second-order valence-corrected chi connectivity index (χ2v) is 3.42. The zero-order valence-electron chi connectivity index (χ0n) is 9.66. The van der Waals surface area contributed by atoms with E-state index in [1.54, 1.807) is 0 Å². The third-order valence-corrected chi connectivity index (χ3v) is 2.28. The summed E-state index contributed by atoms with van der Waals surface area (Å²) in [5.74, 6) is -0.260. The number of nitrogens with zero attached hydrogens (tertiary/aromatic N) is 1. The summed E-state index contributed by atoms with van der Waals surface area (Å²) in [6.07, 6.45) is -1.24. The number of hydrogen-bond acceptors (Lipinski definition) is 6. The van der Waals surface area contributed by atoms with E-state index in [0.717, 1.165) is 0 Å². The highest BCUT2D eigenvalue weighted by molar-refractivity contribution is 5.69. The molecule has 0 aliphatic carbocycles. The van der Waals surface area contributed by atoms with Gasteiger partial charge in [0.15, 0.2) is 0 Å². The van der Waals surface area contributed by atoms with Crippen LogP contribution in [0.5, 0.6) is 5.88 Å². The molecule has 0 saturated carbocycles. The summed E-state index contributed by atoms with van der Waals surface area (Å²) >= 11 is 0. The van der Waals surface area contributed by atoms with Crippen LogP contribution < -0.4 is 4.74 Å². The van der Waals surface area contributed by atoms with Crippen molar-refractivity contribution in [1.82, 2.24) is 4.98 Å². The van der Waals surface area contributed by atoms with Crippen molar-refractivity contribution in [3.63, 3.8) is 0 Å². The molecule has 0 aliphatic rings. The minimum absolute atomic E-state index is 0.275. The van der Waals surface area contributed by atoms with Crippen molar-refractivity contribution in [3.8, 4) is 5.88 Å². The van der Waals surface area contributed by atoms with Crippen LogP contribution in [-0.4, -0.2) is 41.5 Å². The summed E-state index contributed by atoms with van der Waals surface area (Å²) in [7, 11) is 2.67. The van der Waals surface area contributed by atoms with Gasteiger partial charge < -0.3 is 19.7 Å². The van der Waals surface area contributed by atoms with Gasteiger partial charge in [0.2, 0.25) is 5.88 Å². The fourth-order valence-electron chi connectivity index (χ4n) is 1.31. The van der Waals surface area contributed by atoms with Crippen LogP contribution in [0.3, 0.4) is 0 Å². The lowest BCUT2D eigenvalue weighted by molar-refractivity contribution is -0.144. The van der Waals surface area contributed by atoms with E-state index in [2.05, 4.69) is 9.72 Å². The molecule has 6 heteroatoms. The van der Waals surface area contributed by atoms with Crippen molar-refractivity contribution in [1.29, 1.82) is 0 Å². The van der Waals surface area contributed by atoms with E-state index >= 15 is 0 Å². The molecule has 2 N–H and O–H groups in total. The van der Waals surface area contributed by atoms with Crippen molar-refractivity contribution >= 4 is 5.97 Å². The molecule has 0 radical (unpaired) electrons. The Hall–Kier alpha value is -1.66. The van der Waals surface area contributed by atoms with Crippen LogP contribution in [0.25, 0.3) is 0 Å². The number of carbonyl (C=O) groups excluding carboxylic acids is 1. The highest BCUT2D eigenvalue weighted by atomic mass is 16.5. The van der Waals surface area contributed by atoms with Crippen LogP contribution in [-0.2, 0) is 9.53 Å². The highest BCUT2D eigenvalue weighted by Crippen LogP contribution is 2.21. The van der Waals surface area contributed by atoms with Crippen molar-refractivity contribution < 1.29 is 24.5 Å². The molecule has 0 aliphatic heterocycles. The first kappa shape index (κ1) is 13.4. The molecule has 0 fully saturated rings. The standard InChI is InChI=1S/C11H15NO5/c1-16-9-5-7(3-4-12-9)11(15)8(13)6-10(14)17-2/h3-5,8,11,13,15H,6H2,1-2H3. The number of esters is 1. The lowest BCUT2D eigenvalue weighted by Gasteiger charge is -2.17. The Labute approximate surface area is 98.8 Å². The van der Waals surface area contributed by atoms with Gasteiger partial charge in [0.05, 0.1) is 26.7 Å². The van der Waals surface area contributed by atoms with E-state index in [-0.39, 0.29) is 6.42 Å². The highest BCUT2D eigenvalue weighted by Gasteiger charge is 2.22. The van der Waals surface area contributed by atoms with Gasteiger partial charge in [0.25, 0.3) is 0 Å². The summed E-state index contributed by atoms with van der Waals surface area (Å²) in [6, 6.07) is 3.03. The van der Waals surface area contributed by atoms with Gasteiger partial charge in [-0.1, -0.05) is 0 Å². The number of aromatic nitrogens is 1. The zero-order chi connectivity index (χ0) is 12.8. The lowest BCUT2D eigenvalue weighted by atomic mass is 10.0. The maximum Gasteiger partial charge on any atom is 0.308 e. The molecule has 17 heavy (non-hydrogen) atoms. The minimum atomic E-state index is -1.23. The molecule has 1 rings (SSSR count). The molecule has 2 unspecified atom stereocenters. The monoisotopic (exact) mass is 241 g/mol. The molecule has 0 saturated heterocycles. The summed E-state index contributed by atoms with van der Waals surface area (Å²) in [6.45, 7) is 0. The van der Waals surface area contributed by atoms with Crippen LogP contribution in [0.1, 0.15) is 18.1 Å². The van der Waals surface area contributed by atoms with Gasteiger partial charge in [0, 0.05) is 12.3 Å². The van der Waals surface area contributed by atoms with Gasteiger partial charge in [-0.05, 0) is 11.6 Å². The maximum atomic E-state index is 11.0. The van der Waals surface area contributed by atoms with Gasteiger partial charge in [-0.2, -0.15) is 0 Å². The average Bonchev–Trinajstić information content (AvgIpc) is 2.37. The van der Waals surface area contributed by atoms with Gasteiger partial charge in [-0.15, -0.1) is 0 Å². The van der Waals surface area contributed by atoms with Crippen LogP contribution >= 0.6 is 0 Å². The number of methoxy groups -OCH3 is 2. The number of aliphatic hydroxyl groups excluding tert-OH is 2. The molecule has 0 spiro atoms. The Bertz CT molecular complexity index is 382. The second-order valence-electron chi connectivity index (χ2n) is 3.42. The quantitative estimate of drug-likeness (QED) is 0.708. The van der Waals surface area contributed by atoms with E-state index in [0.29, 0.717) is 11.4 Å². The van der Waals surface area contributed by atoms with Crippen LogP contribution in [0.2, 0.25) is 0 Å². The SMILES string of the molecule is COC(=O)CC(O)C(O)c1ccnc(OC)c1. The summed E-state index contributed by atoms with van der Waals surface area (Å²) in [5, 5.41) is 19.4. The van der Waals surface area contributed by atoms with Crippen molar-refractivity contribution in [2.24, 2.45) is 0 Å². The maximum absolute atomic E-state index is 11.0. The Morgan fingerprint density at radius 1 is 1.47 bits per heavy atom. The topological polar surface area (TPSA) is 88.9 Å². The Balaban J connectivity index is 2.73. The van der Waals surface area contributed by atoms with E-state index in [1.165, 1.54) is 32.5 Å². The minimum Gasteiger partial charge on any atom is -0.481 e. The third-order valence-electron chi connectivity index (χ3n) is 2.28. The van der Waals surface area contributed by atoms with Crippen molar-refractivity contribution in [2.75, 3.05) is 14.2 Å². The number of carbonyl (C=O) groups is 1. The average molecular weight is 241 g/mol. The Morgan fingerprint density at radius 2 is 2.18 bits per heavy atom. The van der Waals surface area contributed by atoms with Crippen molar-refractivity contribution in [2.45, 2.75) is 18.6 Å². The molecule has 0 bridgehead atoms. The number of ether oxygens (including phenoxy) is 2. The summed E-state index contributed by atoms with van der Waals surface area (Å²) in [4.78, 5) is 14.8. The number of rotatable bonds is 5. The number of hydrogen-bond donors (Lipinski definition) is 2. The fraction of sp³-hybridized carbons (Fsp3) is 0.455. The molecule has 0 aromatic carbocycles. The Kier molecular flexibility index (Phi) is 4.86. The summed E-state index contributed by atoms with van der Waals surface area (Å²) in [5.41, 5.74) is 0.424. The lowest BCUT2D eigenvalue weighted by Crippen LogP contribution is -2.22. The molecule has 2 atom stereocenters. The fourth-order valence-corrected chi connectivity index (χ4v) is 1.31. The molecule has 94 valence electrons. The molecule has 0 amide bonds. The van der Waals surface area contributed by atoms with E-state index in [9.17, 15) is 15.0 Å². The van der Waals surface area contributed by atoms with Crippen LogP contribution in [0, 0.1) is 0 Å². The largest absolute Gasteiger partial charge is 0.481 e. The first-order valence-corrected chi connectivity index (χ1v) is 5.01. The van der Waals surface area contributed by atoms with Crippen molar-refractivity contribution in [3.05, 3.63) is 23.9 Å². The Morgan fingerprint density at radius 3 is 2.76 bits per heavy atom. The molecule has 1 aromatic heterocycles. The molecular weight excluding hydrogens is 226 g/mol. The van der Waals surface area contributed by atoms with Gasteiger partial charge in [0.1, 0.15) is 6.10 Å². The predicted molar refractivity (Wildman–Crippen MR) is 58.4 cm³/mol. The van der Waals surface area contributed by atoms with Gasteiger partial charge in [-0.25, -0.2) is 4.98 Å². The van der Waals surface area contributed by atoms with E-state index in [4.69, 9.17) is 4.74 Å². The number of aliphatic hydroxyl groups is 2. The summed E-state index contributed by atoms with van der Waals surface area (Å²) < 4.78 is 9.30.